The number of ether oxygens (including phenoxy) is 1. The molecule has 1 amide bonds. The van der Waals surface area contributed by atoms with E-state index in [-0.39, 0.29) is 35.2 Å². The van der Waals surface area contributed by atoms with Crippen molar-refractivity contribution in [2.24, 2.45) is 0 Å². The zero-order chi connectivity index (χ0) is 29.7. The van der Waals surface area contributed by atoms with Crippen molar-refractivity contribution in [2.75, 3.05) is 43.4 Å². The highest BCUT2D eigenvalue weighted by Gasteiger charge is 2.34. The predicted octanol–water partition coefficient (Wildman–Crippen LogP) is 5.72. The molecule has 2 N–H and O–H groups in total. The topological polar surface area (TPSA) is 109 Å². The third-order valence-electron chi connectivity index (χ3n) is 6.96. The van der Waals surface area contributed by atoms with Gasteiger partial charge in [-0.15, -0.1) is 0 Å². The number of aromatic nitrogens is 3. The fourth-order valence-corrected chi connectivity index (χ4v) is 4.58. The smallest absolute Gasteiger partial charge is 0.416 e. The van der Waals surface area contributed by atoms with Crippen molar-refractivity contribution in [1.29, 1.82) is 0 Å². The molecule has 220 valence electrons. The lowest BCUT2D eigenvalue weighted by Crippen LogP contribution is -2.45. The maximum absolute atomic E-state index is 14.0. The lowest BCUT2D eigenvalue weighted by molar-refractivity contribution is -0.138. The predicted molar refractivity (Wildman–Crippen MR) is 150 cm³/mol. The molecule has 42 heavy (non-hydrogen) atoms. The van der Waals surface area contributed by atoms with Gasteiger partial charge in [0.25, 0.3) is 5.91 Å². The first-order chi connectivity index (χ1) is 20.2. The summed E-state index contributed by atoms with van der Waals surface area (Å²) in [4.78, 5) is 25.8. The second-order valence-electron chi connectivity index (χ2n) is 9.87. The minimum Gasteiger partial charge on any atom is -0.439 e. The number of benzene rings is 2. The highest BCUT2D eigenvalue weighted by molar-refractivity contribution is 6.04. The minimum atomic E-state index is -4.56. The number of hydrogen-bond donors (Lipinski definition) is 2. The summed E-state index contributed by atoms with van der Waals surface area (Å²) in [5, 5.41) is 9.12. The molecule has 0 spiro atoms. The van der Waals surface area contributed by atoms with Crippen LogP contribution in [0.4, 0.5) is 30.5 Å². The number of rotatable bonds is 9. The second kappa shape index (κ2) is 12.6. The number of carbonyl (C=O) groups is 1. The minimum absolute atomic E-state index is 0.0511. The summed E-state index contributed by atoms with van der Waals surface area (Å²) >= 11 is 0. The normalized spacial score (nSPS) is 14.5. The molecule has 0 saturated carbocycles. The first-order valence-electron chi connectivity index (χ1n) is 13.4. The van der Waals surface area contributed by atoms with Crippen LogP contribution in [0.25, 0.3) is 0 Å². The number of alkyl halides is 3. The van der Waals surface area contributed by atoms with Crippen molar-refractivity contribution in [3.8, 4) is 11.6 Å². The number of anilines is 3. The lowest BCUT2D eigenvalue weighted by Gasteiger charge is -2.34. The Morgan fingerprint density at radius 1 is 1.05 bits per heavy atom. The molecule has 2 aromatic heterocycles. The molecule has 0 radical (unpaired) electrons. The van der Waals surface area contributed by atoms with Crippen LogP contribution >= 0.6 is 0 Å². The van der Waals surface area contributed by atoms with Crippen molar-refractivity contribution >= 4 is 23.2 Å². The molecule has 0 unspecified atom stereocenters. The van der Waals surface area contributed by atoms with Gasteiger partial charge in [0.2, 0.25) is 11.8 Å². The maximum atomic E-state index is 14.0. The van der Waals surface area contributed by atoms with Gasteiger partial charge in [-0.3, -0.25) is 9.69 Å². The lowest BCUT2D eigenvalue weighted by atomic mass is 10.0. The standard InChI is InChI=1S/C29H30F3N7O3/c1-3-38-10-12-39(13-11-38)17-21-6-7-22(15-24(21)29(30,31)32)35-27(40)20-5-4-19(2)25(14-20)42-26-8-9-33-28(37-26)36-23-16-34-41-18-23/h4-9,14-16,18H,3,10-13,17H2,1-2H3,(H,35,40)(H,33,36,37). The molecule has 3 heterocycles. The molecule has 1 aliphatic heterocycles. The van der Waals surface area contributed by atoms with E-state index in [1.54, 1.807) is 25.1 Å². The first-order valence-corrected chi connectivity index (χ1v) is 13.4. The molecule has 4 aromatic rings. The highest BCUT2D eigenvalue weighted by atomic mass is 19.4. The van der Waals surface area contributed by atoms with Crippen LogP contribution in [-0.4, -0.2) is 63.6 Å². The van der Waals surface area contributed by atoms with E-state index in [9.17, 15) is 18.0 Å². The molecule has 10 nitrogen and oxygen atoms in total. The maximum Gasteiger partial charge on any atom is 0.416 e. The van der Waals surface area contributed by atoms with Gasteiger partial charge in [0.15, 0.2) is 0 Å². The number of hydrogen-bond acceptors (Lipinski definition) is 9. The van der Waals surface area contributed by atoms with Gasteiger partial charge < -0.3 is 24.8 Å². The van der Waals surface area contributed by atoms with Gasteiger partial charge in [-0.25, -0.2) is 4.98 Å². The van der Waals surface area contributed by atoms with Crippen LogP contribution in [0.2, 0.25) is 0 Å². The van der Waals surface area contributed by atoms with E-state index in [2.05, 4.69) is 37.6 Å². The summed E-state index contributed by atoms with van der Waals surface area (Å²) in [5.41, 5.74) is 0.958. The summed E-state index contributed by atoms with van der Waals surface area (Å²) in [5.74, 6) is 0.237. The third kappa shape index (κ3) is 7.22. The van der Waals surface area contributed by atoms with Gasteiger partial charge in [0.1, 0.15) is 17.7 Å². The number of nitrogens with zero attached hydrogens (tertiary/aromatic N) is 5. The second-order valence-corrected chi connectivity index (χ2v) is 9.87. The van der Waals surface area contributed by atoms with Gasteiger partial charge in [0.05, 0.1) is 11.8 Å². The molecule has 1 aliphatic rings. The summed E-state index contributed by atoms with van der Waals surface area (Å²) in [6.07, 6.45) is -0.214. The van der Waals surface area contributed by atoms with E-state index in [1.165, 1.54) is 36.9 Å². The van der Waals surface area contributed by atoms with Crippen LogP contribution in [-0.2, 0) is 12.7 Å². The van der Waals surface area contributed by atoms with Gasteiger partial charge in [0, 0.05) is 56.2 Å². The summed E-state index contributed by atoms with van der Waals surface area (Å²) < 4.78 is 52.7. The molecule has 1 saturated heterocycles. The van der Waals surface area contributed by atoms with Crippen LogP contribution < -0.4 is 15.4 Å². The van der Waals surface area contributed by atoms with E-state index >= 15 is 0 Å². The summed E-state index contributed by atoms with van der Waals surface area (Å²) in [6, 6.07) is 10.3. The third-order valence-corrected chi connectivity index (χ3v) is 6.96. The van der Waals surface area contributed by atoms with Gasteiger partial charge in [-0.05, 0) is 48.9 Å². The average molecular weight is 582 g/mol. The summed E-state index contributed by atoms with van der Waals surface area (Å²) in [6.45, 7) is 8.05. The highest BCUT2D eigenvalue weighted by Crippen LogP contribution is 2.35. The molecule has 0 atom stereocenters. The molecular formula is C29H30F3N7O3. The quantitative estimate of drug-likeness (QED) is 0.257. The number of carbonyl (C=O) groups excluding carboxylic acids is 1. The number of aryl methyl sites for hydroxylation is 1. The Kier molecular flexibility index (Phi) is 8.69. The van der Waals surface area contributed by atoms with Gasteiger partial charge in [-0.1, -0.05) is 24.2 Å². The Bertz CT molecular complexity index is 1520. The Labute approximate surface area is 240 Å². The van der Waals surface area contributed by atoms with Gasteiger partial charge >= 0.3 is 6.18 Å². The van der Waals surface area contributed by atoms with Crippen LogP contribution in [0.3, 0.4) is 0 Å². The Balaban J connectivity index is 1.29. The van der Waals surface area contributed by atoms with Crippen molar-refractivity contribution in [3.63, 3.8) is 0 Å². The number of piperazine rings is 1. The van der Waals surface area contributed by atoms with E-state index in [1.807, 2.05) is 4.90 Å². The zero-order valence-electron chi connectivity index (χ0n) is 23.1. The summed E-state index contributed by atoms with van der Waals surface area (Å²) in [7, 11) is 0. The Morgan fingerprint density at radius 2 is 1.83 bits per heavy atom. The Hall–Kier alpha value is -4.49. The fraction of sp³-hybridized carbons (Fsp3) is 0.310. The molecule has 13 heteroatoms. The first kappa shape index (κ1) is 29.0. The zero-order valence-corrected chi connectivity index (χ0v) is 23.1. The van der Waals surface area contributed by atoms with Crippen LogP contribution in [0, 0.1) is 6.92 Å². The van der Waals surface area contributed by atoms with Crippen LogP contribution in [0.5, 0.6) is 11.6 Å². The molecule has 0 bridgehead atoms. The van der Waals surface area contributed by atoms with E-state index in [0.29, 0.717) is 24.5 Å². The number of amides is 1. The van der Waals surface area contributed by atoms with E-state index < -0.39 is 17.6 Å². The van der Waals surface area contributed by atoms with Crippen molar-refractivity contribution in [1.82, 2.24) is 24.9 Å². The molecule has 5 rings (SSSR count). The van der Waals surface area contributed by atoms with Crippen molar-refractivity contribution < 1.29 is 27.2 Å². The number of nitrogens with one attached hydrogen (secondary N) is 2. The van der Waals surface area contributed by atoms with Gasteiger partial charge in [-0.2, -0.15) is 18.2 Å². The molecule has 2 aromatic carbocycles. The van der Waals surface area contributed by atoms with E-state index in [0.717, 1.165) is 31.3 Å². The van der Waals surface area contributed by atoms with Crippen molar-refractivity contribution in [2.45, 2.75) is 26.6 Å². The Morgan fingerprint density at radius 3 is 2.55 bits per heavy atom. The average Bonchev–Trinajstić information content (AvgIpc) is 3.48. The van der Waals surface area contributed by atoms with Crippen LogP contribution in [0.15, 0.2) is 65.6 Å². The monoisotopic (exact) mass is 581 g/mol. The molecule has 1 fully saturated rings. The molecular weight excluding hydrogens is 551 g/mol. The SMILES string of the molecule is CCN1CCN(Cc2ccc(NC(=O)c3ccc(C)c(Oc4ccnc(Nc5cnoc5)n4)c3)cc2C(F)(F)F)CC1. The van der Waals surface area contributed by atoms with Crippen molar-refractivity contribution in [3.05, 3.63) is 83.4 Å². The fourth-order valence-electron chi connectivity index (χ4n) is 4.58. The number of likely N-dealkylation sites (N-methyl/N-ethyl adjacent to an activating group) is 1. The van der Waals surface area contributed by atoms with Crippen LogP contribution in [0.1, 0.15) is 34.0 Å². The largest absolute Gasteiger partial charge is 0.439 e. The van der Waals surface area contributed by atoms with E-state index in [4.69, 9.17) is 9.26 Å². The number of halogens is 3. The molecule has 0 aliphatic carbocycles.